The van der Waals surface area contributed by atoms with E-state index in [0.717, 1.165) is 12.3 Å². The lowest BCUT2D eigenvalue weighted by Crippen LogP contribution is -2.01. The van der Waals surface area contributed by atoms with Crippen LogP contribution in [0.3, 0.4) is 0 Å². The molecule has 0 fully saturated rings. The fourth-order valence-corrected chi connectivity index (χ4v) is 1.16. The van der Waals surface area contributed by atoms with Gasteiger partial charge in [-0.1, -0.05) is 33.1 Å². The molecule has 0 aromatic rings. The molecule has 0 amide bonds. The molecule has 0 aliphatic heterocycles. The van der Waals surface area contributed by atoms with Crippen molar-refractivity contribution in [3.63, 3.8) is 0 Å². The van der Waals surface area contributed by atoms with Crippen molar-refractivity contribution in [1.29, 1.82) is 0 Å². The SMILES string of the molecule is CCCC(CC)CC[NH]. The average molecular weight is 128 g/mol. The summed E-state index contributed by atoms with van der Waals surface area (Å²) in [7, 11) is 0. The number of rotatable bonds is 5. The van der Waals surface area contributed by atoms with Gasteiger partial charge in [-0.25, -0.2) is 0 Å². The van der Waals surface area contributed by atoms with E-state index in [4.69, 9.17) is 5.73 Å². The van der Waals surface area contributed by atoms with Gasteiger partial charge >= 0.3 is 0 Å². The lowest BCUT2D eigenvalue weighted by atomic mass is 9.97. The first-order valence-corrected chi connectivity index (χ1v) is 3.99. The van der Waals surface area contributed by atoms with E-state index in [0.29, 0.717) is 6.54 Å². The summed E-state index contributed by atoms with van der Waals surface area (Å²) >= 11 is 0. The standard InChI is InChI=1S/C8H18N/c1-3-5-8(4-2)6-7-9/h8-9H,3-7H2,1-2H3. The van der Waals surface area contributed by atoms with Gasteiger partial charge < -0.3 is 0 Å². The summed E-state index contributed by atoms with van der Waals surface area (Å²) < 4.78 is 0. The molecule has 55 valence electrons. The Kier molecular flexibility index (Phi) is 6.06. The van der Waals surface area contributed by atoms with Gasteiger partial charge in [-0.05, 0) is 12.3 Å². The Labute approximate surface area is 58.6 Å². The van der Waals surface area contributed by atoms with E-state index in [1.54, 1.807) is 0 Å². The second-order valence-electron chi connectivity index (χ2n) is 2.60. The molecule has 0 rings (SSSR count). The summed E-state index contributed by atoms with van der Waals surface area (Å²) in [5, 5.41) is 0. The van der Waals surface area contributed by atoms with Crippen LogP contribution >= 0.6 is 0 Å². The van der Waals surface area contributed by atoms with Crippen LogP contribution in [0.4, 0.5) is 0 Å². The van der Waals surface area contributed by atoms with Gasteiger partial charge in [-0.15, -0.1) is 0 Å². The largest absolute Gasteiger partial charge is 0.258 e. The molecule has 1 radical (unpaired) electrons. The highest BCUT2D eigenvalue weighted by Crippen LogP contribution is 2.13. The monoisotopic (exact) mass is 128 g/mol. The second-order valence-corrected chi connectivity index (χ2v) is 2.60. The van der Waals surface area contributed by atoms with Gasteiger partial charge in [-0.3, -0.25) is 5.73 Å². The van der Waals surface area contributed by atoms with Crippen LogP contribution < -0.4 is 5.73 Å². The number of hydrogen-bond donors (Lipinski definition) is 0. The van der Waals surface area contributed by atoms with Crippen molar-refractivity contribution in [2.45, 2.75) is 39.5 Å². The first-order chi connectivity index (χ1) is 4.35. The maximum Gasteiger partial charge on any atom is 0.0102 e. The molecule has 0 saturated heterocycles. The van der Waals surface area contributed by atoms with E-state index >= 15 is 0 Å². The van der Waals surface area contributed by atoms with Crippen LogP contribution in [0.25, 0.3) is 0 Å². The van der Waals surface area contributed by atoms with Crippen molar-refractivity contribution < 1.29 is 0 Å². The molecule has 0 saturated carbocycles. The molecule has 1 unspecified atom stereocenters. The minimum Gasteiger partial charge on any atom is -0.258 e. The van der Waals surface area contributed by atoms with Crippen molar-refractivity contribution in [3.05, 3.63) is 0 Å². The van der Waals surface area contributed by atoms with E-state index in [2.05, 4.69) is 13.8 Å². The third-order valence-corrected chi connectivity index (χ3v) is 1.83. The maximum atomic E-state index is 7.01. The Balaban J connectivity index is 3.18. The molecule has 1 nitrogen and oxygen atoms in total. The second kappa shape index (κ2) is 6.09. The summed E-state index contributed by atoms with van der Waals surface area (Å²) in [5.41, 5.74) is 7.01. The van der Waals surface area contributed by atoms with Crippen LogP contribution in [0.1, 0.15) is 39.5 Å². The molecule has 1 atom stereocenters. The van der Waals surface area contributed by atoms with Gasteiger partial charge in [0.1, 0.15) is 0 Å². The van der Waals surface area contributed by atoms with E-state index < -0.39 is 0 Å². The Bertz CT molecular complexity index is 46.5. The summed E-state index contributed by atoms with van der Waals surface area (Å²) in [5.74, 6) is 0.826. The van der Waals surface area contributed by atoms with Crippen LogP contribution in [0, 0.1) is 5.92 Å². The third kappa shape index (κ3) is 4.46. The number of hydrogen-bond acceptors (Lipinski definition) is 0. The third-order valence-electron chi connectivity index (χ3n) is 1.83. The Morgan fingerprint density at radius 1 is 1.22 bits per heavy atom. The lowest BCUT2D eigenvalue weighted by molar-refractivity contribution is 0.436. The minimum atomic E-state index is 0.610. The topological polar surface area (TPSA) is 23.8 Å². The first kappa shape index (κ1) is 8.96. The summed E-state index contributed by atoms with van der Waals surface area (Å²) in [6, 6.07) is 0. The van der Waals surface area contributed by atoms with Crippen LogP contribution in [0.15, 0.2) is 0 Å². The zero-order valence-electron chi connectivity index (χ0n) is 6.61. The molecule has 0 bridgehead atoms. The molecule has 0 spiro atoms. The van der Waals surface area contributed by atoms with Crippen molar-refractivity contribution in [3.8, 4) is 0 Å². The fourth-order valence-electron chi connectivity index (χ4n) is 1.16. The summed E-state index contributed by atoms with van der Waals surface area (Å²) in [4.78, 5) is 0. The molecule has 0 aromatic heterocycles. The molecule has 1 N–H and O–H groups in total. The van der Waals surface area contributed by atoms with Crippen molar-refractivity contribution in [2.75, 3.05) is 6.54 Å². The normalized spacial score (nSPS) is 13.7. The van der Waals surface area contributed by atoms with Gasteiger partial charge in [-0.2, -0.15) is 0 Å². The highest BCUT2D eigenvalue weighted by molar-refractivity contribution is 4.55. The quantitative estimate of drug-likeness (QED) is 0.543. The Hall–Kier alpha value is -0.0400. The zero-order valence-corrected chi connectivity index (χ0v) is 6.61. The van der Waals surface area contributed by atoms with Gasteiger partial charge in [0.05, 0.1) is 0 Å². The lowest BCUT2D eigenvalue weighted by Gasteiger charge is -2.10. The van der Waals surface area contributed by atoms with Crippen molar-refractivity contribution in [1.82, 2.24) is 5.73 Å². The molecule has 9 heavy (non-hydrogen) atoms. The maximum absolute atomic E-state index is 7.01. The van der Waals surface area contributed by atoms with E-state index in [-0.39, 0.29) is 0 Å². The van der Waals surface area contributed by atoms with Crippen LogP contribution in [-0.4, -0.2) is 6.54 Å². The van der Waals surface area contributed by atoms with Gasteiger partial charge in [0.25, 0.3) is 0 Å². The van der Waals surface area contributed by atoms with Crippen LogP contribution in [0.2, 0.25) is 0 Å². The van der Waals surface area contributed by atoms with Crippen molar-refractivity contribution >= 4 is 0 Å². The fraction of sp³-hybridized carbons (Fsp3) is 1.00. The van der Waals surface area contributed by atoms with Crippen LogP contribution in [0.5, 0.6) is 0 Å². The summed E-state index contributed by atoms with van der Waals surface area (Å²) in [6.07, 6.45) is 4.95. The van der Waals surface area contributed by atoms with E-state index in [9.17, 15) is 0 Å². The molecule has 1 heteroatoms. The molecule has 0 aliphatic carbocycles. The molecular formula is C8H18N. The Morgan fingerprint density at radius 3 is 2.22 bits per heavy atom. The summed E-state index contributed by atoms with van der Waals surface area (Å²) in [6.45, 7) is 5.04. The highest BCUT2D eigenvalue weighted by Gasteiger charge is 2.01. The Morgan fingerprint density at radius 2 is 1.89 bits per heavy atom. The predicted octanol–water partition coefficient (Wildman–Crippen LogP) is 2.49. The van der Waals surface area contributed by atoms with E-state index in [1.165, 1.54) is 19.3 Å². The average Bonchev–Trinajstić information content (AvgIpc) is 1.88. The van der Waals surface area contributed by atoms with Crippen LogP contribution in [-0.2, 0) is 0 Å². The minimum absolute atomic E-state index is 0.610. The van der Waals surface area contributed by atoms with Gasteiger partial charge in [0.2, 0.25) is 0 Å². The van der Waals surface area contributed by atoms with E-state index in [1.807, 2.05) is 0 Å². The molecule has 0 heterocycles. The van der Waals surface area contributed by atoms with Crippen molar-refractivity contribution in [2.24, 2.45) is 5.92 Å². The van der Waals surface area contributed by atoms with Gasteiger partial charge in [0, 0.05) is 6.54 Å². The molecular weight excluding hydrogens is 110 g/mol. The highest BCUT2D eigenvalue weighted by atomic mass is 14.5. The predicted molar refractivity (Wildman–Crippen MR) is 41.3 cm³/mol. The van der Waals surface area contributed by atoms with Gasteiger partial charge in [0.15, 0.2) is 0 Å². The number of nitrogens with one attached hydrogen (secondary N) is 1. The molecule has 0 aromatic carbocycles. The molecule has 0 aliphatic rings. The zero-order chi connectivity index (χ0) is 7.11. The smallest absolute Gasteiger partial charge is 0.0102 e. The first-order valence-electron chi connectivity index (χ1n) is 3.99.